The van der Waals surface area contributed by atoms with E-state index < -0.39 is 17.9 Å². The van der Waals surface area contributed by atoms with Crippen molar-refractivity contribution in [1.29, 1.82) is 0 Å². The number of thiazole rings is 1. The molecular formula is C23H18F3N7O2S. The number of fused-ring (bicyclic) bond motifs is 1. The highest BCUT2D eigenvalue weighted by atomic mass is 32.1. The summed E-state index contributed by atoms with van der Waals surface area (Å²) >= 11 is 1.39. The molecule has 2 aromatic carbocycles. The zero-order valence-corrected chi connectivity index (χ0v) is 19.5. The molecule has 1 unspecified atom stereocenters. The summed E-state index contributed by atoms with van der Waals surface area (Å²) in [5, 5.41) is 14.5. The maximum Gasteiger partial charge on any atom is 0.435 e. The molecule has 36 heavy (non-hydrogen) atoms. The Morgan fingerprint density at radius 2 is 1.94 bits per heavy atom. The number of nitrogens with two attached hydrogens (primary N) is 1. The highest BCUT2D eigenvalue weighted by Gasteiger charge is 2.36. The van der Waals surface area contributed by atoms with E-state index in [9.17, 15) is 18.0 Å². The zero-order valence-electron chi connectivity index (χ0n) is 18.7. The smallest absolute Gasteiger partial charge is 0.415 e. The fourth-order valence-corrected chi connectivity index (χ4v) is 4.30. The number of rotatable bonds is 6. The highest BCUT2D eigenvalue weighted by molar-refractivity contribution is 7.17. The average Bonchev–Trinajstić information content (AvgIpc) is 3.60. The Hall–Kier alpha value is -4.10. The number of halogens is 3. The van der Waals surface area contributed by atoms with Gasteiger partial charge in [0.15, 0.2) is 5.69 Å². The van der Waals surface area contributed by atoms with E-state index in [0.29, 0.717) is 16.8 Å². The normalized spacial score (nSPS) is 12.7. The number of carbonyl (C=O) groups is 1. The van der Waals surface area contributed by atoms with Gasteiger partial charge in [0.1, 0.15) is 5.69 Å². The van der Waals surface area contributed by atoms with Crippen molar-refractivity contribution in [1.82, 2.24) is 30.3 Å². The van der Waals surface area contributed by atoms with E-state index >= 15 is 0 Å². The van der Waals surface area contributed by atoms with Crippen LogP contribution in [0.15, 0.2) is 58.5 Å². The molecule has 3 N–H and O–H groups in total. The molecule has 0 radical (unpaired) electrons. The van der Waals surface area contributed by atoms with Gasteiger partial charge in [0.25, 0.3) is 5.89 Å². The summed E-state index contributed by atoms with van der Waals surface area (Å²) in [5.74, 6) is -0.340. The van der Waals surface area contributed by atoms with Gasteiger partial charge in [0.05, 0.1) is 33.0 Å². The second kappa shape index (κ2) is 9.17. The zero-order chi connectivity index (χ0) is 25.4. The topological polar surface area (TPSA) is 125 Å². The van der Waals surface area contributed by atoms with Gasteiger partial charge in [-0.25, -0.2) is 9.67 Å². The van der Waals surface area contributed by atoms with Crippen LogP contribution in [-0.2, 0) is 17.5 Å². The predicted molar refractivity (Wildman–Crippen MR) is 126 cm³/mol. The van der Waals surface area contributed by atoms with E-state index in [1.807, 2.05) is 6.07 Å². The molecule has 3 aromatic heterocycles. The monoisotopic (exact) mass is 513 g/mol. The second-order valence-corrected chi connectivity index (χ2v) is 8.77. The molecule has 0 fully saturated rings. The Morgan fingerprint density at radius 3 is 2.72 bits per heavy atom. The van der Waals surface area contributed by atoms with E-state index in [0.717, 1.165) is 21.0 Å². The lowest BCUT2D eigenvalue weighted by Gasteiger charge is -2.10. The first-order valence-electron chi connectivity index (χ1n) is 10.7. The van der Waals surface area contributed by atoms with Crippen LogP contribution >= 0.6 is 11.3 Å². The number of amides is 1. The number of alkyl halides is 3. The summed E-state index contributed by atoms with van der Waals surface area (Å²) in [6, 6.07) is 12.1. The summed E-state index contributed by atoms with van der Waals surface area (Å²) in [6.45, 7) is 1.69. The van der Waals surface area contributed by atoms with Crippen LogP contribution in [0.5, 0.6) is 0 Å². The third kappa shape index (κ3) is 4.57. The lowest BCUT2D eigenvalue weighted by Crippen LogP contribution is -2.37. The molecule has 5 rings (SSSR count). The molecule has 0 aliphatic carbocycles. The van der Waals surface area contributed by atoms with Crippen LogP contribution in [0, 0.1) is 0 Å². The summed E-state index contributed by atoms with van der Waals surface area (Å²) < 4.78 is 48.5. The van der Waals surface area contributed by atoms with Crippen LogP contribution < -0.4 is 11.1 Å². The van der Waals surface area contributed by atoms with Gasteiger partial charge in [-0.2, -0.15) is 18.3 Å². The third-order valence-electron chi connectivity index (χ3n) is 5.27. The molecule has 0 saturated carbocycles. The third-order valence-corrected chi connectivity index (χ3v) is 6.14. The first-order chi connectivity index (χ1) is 17.2. The van der Waals surface area contributed by atoms with Crippen LogP contribution in [0.2, 0.25) is 0 Å². The van der Waals surface area contributed by atoms with Gasteiger partial charge in [-0.1, -0.05) is 18.2 Å². The Bertz CT molecular complexity index is 1550. The van der Waals surface area contributed by atoms with Crippen molar-refractivity contribution in [2.24, 2.45) is 5.73 Å². The lowest BCUT2D eigenvalue weighted by molar-refractivity contribution is -0.141. The van der Waals surface area contributed by atoms with Gasteiger partial charge in [0.2, 0.25) is 11.8 Å². The van der Waals surface area contributed by atoms with Crippen molar-refractivity contribution >= 4 is 27.5 Å². The minimum Gasteiger partial charge on any atom is -0.415 e. The SMILES string of the molecule is CC(N)C(=O)NCc1cccc(-n2nc(C(F)(F)F)cc2-c2nnc(-c3cccc4ncsc34)o2)c1. The number of carbonyl (C=O) groups excluding carboxylic acids is 1. The van der Waals surface area contributed by atoms with Crippen molar-refractivity contribution < 1.29 is 22.4 Å². The molecule has 5 aromatic rings. The number of nitrogens with zero attached hydrogens (tertiary/aromatic N) is 5. The molecule has 0 saturated heterocycles. The van der Waals surface area contributed by atoms with E-state index in [1.165, 1.54) is 11.3 Å². The number of hydrogen-bond acceptors (Lipinski definition) is 8. The van der Waals surface area contributed by atoms with Crippen LogP contribution in [0.3, 0.4) is 0 Å². The van der Waals surface area contributed by atoms with Crippen molar-refractivity contribution in [3.8, 4) is 28.7 Å². The summed E-state index contributed by atoms with van der Waals surface area (Å²) in [6.07, 6.45) is -4.69. The van der Waals surface area contributed by atoms with E-state index in [4.69, 9.17) is 10.2 Å². The van der Waals surface area contributed by atoms with Gasteiger partial charge in [-0.15, -0.1) is 21.5 Å². The number of nitrogens with one attached hydrogen (secondary N) is 1. The summed E-state index contributed by atoms with van der Waals surface area (Å²) in [7, 11) is 0. The molecule has 13 heteroatoms. The maximum atomic E-state index is 13.6. The van der Waals surface area contributed by atoms with Gasteiger partial charge in [-0.05, 0) is 36.8 Å². The molecule has 0 spiro atoms. The van der Waals surface area contributed by atoms with Gasteiger partial charge < -0.3 is 15.5 Å². The maximum absolute atomic E-state index is 13.6. The van der Waals surface area contributed by atoms with Gasteiger partial charge in [0, 0.05) is 12.6 Å². The van der Waals surface area contributed by atoms with Crippen LogP contribution in [0.25, 0.3) is 38.9 Å². The molecule has 0 aliphatic heterocycles. The lowest BCUT2D eigenvalue weighted by atomic mass is 10.2. The molecule has 184 valence electrons. The first-order valence-corrected chi connectivity index (χ1v) is 11.5. The summed E-state index contributed by atoms with van der Waals surface area (Å²) in [4.78, 5) is 16.1. The minimum atomic E-state index is -4.69. The Morgan fingerprint density at radius 1 is 1.17 bits per heavy atom. The first kappa shape index (κ1) is 23.6. The molecule has 1 atom stereocenters. The van der Waals surface area contributed by atoms with Crippen molar-refractivity contribution in [3.63, 3.8) is 0 Å². The highest BCUT2D eigenvalue weighted by Crippen LogP contribution is 2.35. The Balaban J connectivity index is 1.55. The van der Waals surface area contributed by atoms with Gasteiger partial charge >= 0.3 is 6.18 Å². The average molecular weight is 514 g/mol. The van der Waals surface area contributed by atoms with Crippen molar-refractivity contribution in [2.45, 2.75) is 25.7 Å². The molecule has 0 aliphatic rings. The van der Waals surface area contributed by atoms with Crippen LogP contribution in [0.1, 0.15) is 18.2 Å². The minimum absolute atomic E-state index is 0.0330. The van der Waals surface area contributed by atoms with Gasteiger partial charge in [-0.3, -0.25) is 4.79 Å². The number of benzene rings is 2. The number of hydrogen-bond donors (Lipinski definition) is 2. The quantitative estimate of drug-likeness (QED) is 0.349. The van der Waals surface area contributed by atoms with E-state index in [2.05, 4.69) is 25.6 Å². The summed E-state index contributed by atoms with van der Waals surface area (Å²) in [5.41, 5.74) is 8.42. The number of aromatic nitrogens is 5. The van der Waals surface area contributed by atoms with Crippen LogP contribution in [0.4, 0.5) is 13.2 Å². The molecular weight excluding hydrogens is 495 g/mol. The molecule has 3 heterocycles. The fraction of sp³-hybridized carbons (Fsp3) is 0.174. The Kier molecular flexibility index (Phi) is 6.02. The fourth-order valence-electron chi connectivity index (χ4n) is 3.51. The van der Waals surface area contributed by atoms with E-state index in [1.54, 1.807) is 48.8 Å². The second-order valence-electron chi connectivity index (χ2n) is 7.92. The predicted octanol–water partition coefficient (Wildman–Crippen LogP) is 4.18. The van der Waals surface area contributed by atoms with Crippen molar-refractivity contribution in [3.05, 3.63) is 65.3 Å². The van der Waals surface area contributed by atoms with Crippen LogP contribution in [-0.4, -0.2) is 36.9 Å². The molecule has 0 bridgehead atoms. The molecule has 1 amide bonds. The Labute approximate surface area is 205 Å². The largest absolute Gasteiger partial charge is 0.435 e. The van der Waals surface area contributed by atoms with Crippen molar-refractivity contribution in [2.75, 3.05) is 0 Å². The standard InChI is InChI=1S/C23H18F3N7O2S/c1-12(27)20(34)28-10-13-4-2-5-14(8-13)33-17(9-18(32-33)23(24,25)26)22-31-30-21(35-22)15-6-3-7-16-19(15)36-11-29-16/h2-9,11-12H,10,27H2,1H3,(H,28,34). The molecule has 9 nitrogen and oxygen atoms in total. The van der Waals surface area contributed by atoms with E-state index in [-0.39, 0.29) is 29.9 Å².